The Morgan fingerprint density at radius 2 is 0.867 bits per heavy atom. The maximum Gasteiger partial charge on any atom is 0.326 e. The van der Waals surface area contributed by atoms with E-state index in [0.29, 0.717) is 19.3 Å². The number of carboxylic acid groups (broad SMARTS) is 1. The molecule has 0 bridgehead atoms. The fourth-order valence-electron chi connectivity index (χ4n) is 5.81. The smallest absolute Gasteiger partial charge is 0.326 e. The lowest BCUT2D eigenvalue weighted by atomic mass is 9.96. The van der Waals surface area contributed by atoms with Crippen LogP contribution < -0.4 is 48.3 Å². The van der Waals surface area contributed by atoms with Crippen LogP contribution in [0.4, 0.5) is 0 Å². The van der Waals surface area contributed by atoms with E-state index < -0.39 is 132 Å². The SMILES string of the molecule is CC[C@H](C)[C@H](NC(=O)CNC(=O)[C@H](CC(C)C)NC(=O)[C@H](C)N)C(=O)NCC(=O)N[C@H](C(=O)N[C@@H](CC(C)C)C(=O)N[C@H](C(=O)N[C@H](C(=O)O)C(C)C)[C@@H](C)O)[C@@H](C)CC. The molecule has 10 atom stereocenters. The molecule has 0 aromatic rings. The van der Waals surface area contributed by atoms with E-state index in [0.717, 1.165) is 0 Å². The van der Waals surface area contributed by atoms with Crippen molar-refractivity contribution in [3.05, 3.63) is 0 Å². The Balaban J connectivity index is 5.84. The highest BCUT2D eigenvalue weighted by molar-refractivity contribution is 5.97. The first-order valence-electron chi connectivity index (χ1n) is 20.8. The molecule has 0 fully saturated rings. The first-order chi connectivity index (χ1) is 27.8. The summed E-state index contributed by atoms with van der Waals surface area (Å²) in [5, 5.41) is 40.0. The van der Waals surface area contributed by atoms with Crippen LogP contribution in [0.25, 0.3) is 0 Å². The normalized spacial score (nSPS) is 16.4. The van der Waals surface area contributed by atoms with Gasteiger partial charge >= 0.3 is 5.97 Å². The van der Waals surface area contributed by atoms with Crippen molar-refractivity contribution in [3.63, 3.8) is 0 Å². The van der Waals surface area contributed by atoms with Gasteiger partial charge in [0.25, 0.3) is 0 Å². The van der Waals surface area contributed by atoms with Crippen molar-refractivity contribution < 1.29 is 53.4 Å². The third-order valence-corrected chi connectivity index (χ3v) is 9.86. The summed E-state index contributed by atoms with van der Waals surface area (Å²) in [7, 11) is 0. The lowest BCUT2D eigenvalue weighted by Crippen LogP contribution is -2.61. The fraction of sp³-hybridized carbons (Fsp3) is 0.775. The molecule has 60 heavy (non-hydrogen) atoms. The van der Waals surface area contributed by atoms with Crippen LogP contribution in [0.5, 0.6) is 0 Å². The molecular formula is C40H73N9O11. The molecule has 0 rings (SSSR count). The van der Waals surface area contributed by atoms with Crippen molar-refractivity contribution in [2.24, 2.45) is 35.3 Å². The molecule has 12 N–H and O–H groups in total. The number of hydrogen-bond acceptors (Lipinski definition) is 11. The van der Waals surface area contributed by atoms with E-state index >= 15 is 0 Å². The monoisotopic (exact) mass is 856 g/mol. The Morgan fingerprint density at radius 3 is 1.25 bits per heavy atom. The Hall–Kier alpha value is -4.85. The number of hydrogen-bond donors (Lipinski definition) is 11. The molecule has 0 saturated carbocycles. The molecule has 0 aliphatic heterocycles. The van der Waals surface area contributed by atoms with Gasteiger partial charge in [-0.1, -0.05) is 82.1 Å². The number of nitrogens with one attached hydrogen (secondary N) is 8. The van der Waals surface area contributed by atoms with Gasteiger partial charge in [-0.25, -0.2) is 4.79 Å². The number of amides is 8. The zero-order valence-electron chi connectivity index (χ0n) is 37.4. The highest BCUT2D eigenvalue weighted by Crippen LogP contribution is 2.13. The zero-order valence-corrected chi connectivity index (χ0v) is 37.4. The summed E-state index contributed by atoms with van der Waals surface area (Å²) >= 11 is 0. The number of nitrogens with two attached hydrogens (primary N) is 1. The standard InChI is InChI=1S/C40H73N9O11/c1-13-22(9)31(46-28(51)17-42-35(54)26(15-19(3)4)44-34(53)24(11)41)37(56)43-18-29(52)47-32(23(10)14-2)38(57)45-27(16-20(5)6)36(55)49-33(25(12)50)39(58)48-30(21(7)8)40(59)60/h19-27,30-33,50H,13-18,41H2,1-12H3,(H,42,54)(H,43,56)(H,44,53)(H,45,57)(H,46,51)(H,47,52)(H,48,58)(H,49,55)(H,59,60)/t22-,23-,24-,25+,26-,27-,30-,31-,32-,33-/m0/s1. The second-order valence-electron chi connectivity index (χ2n) is 16.8. The van der Waals surface area contributed by atoms with E-state index in [2.05, 4.69) is 42.5 Å². The molecule has 8 amide bonds. The van der Waals surface area contributed by atoms with Crippen LogP contribution in [0.15, 0.2) is 0 Å². The van der Waals surface area contributed by atoms with E-state index in [4.69, 9.17) is 5.73 Å². The minimum Gasteiger partial charge on any atom is -0.480 e. The van der Waals surface area contributed by atoms with Gasteiger partial charge < -0.3 is 58.5 Å². The average Bonchev–Trinajstić information content (AvgIpc) is 3.15. The molecule has 20 nitrogen and oxygen atoms in total. The maximum atomic E-state index is 13.7. The van der Waals surface area contributed by atoms with Crippen LogP contribution in [0, 0.1) is 29.6 Å². The number of carbonyl (C=O) groups is 9. The largest absolute Gasteiger partial charge is 0.480 e. The number of aliphatic hydroxyl groups is 1. The molecule has 0 radical (unpaired) electrons. The zero-order chi connectivity index (χ0) is 46.6. The Bertz CT molecular complexity index is 1470. The van der Waals surface area contributed by atoms with Crippen molar-refractivity contribution in [2.45, 2.75) is 157 Å². The highest BCUT2D eigenvalue weighted by Gasteiger charge is 2.35. The predicted octanol–water partition coefficient (Wildman–Crippen LogP) is -1.22. The molecular weight excluding hydrogens is 782 g/mol. The summed E-state index contributed by atoms with van der Waals surface area (Å²) < 4.78 is 0. The van der Waals surface area contributed by atoms with Gasteiger partial charge in [0.05, 0.1) is 25.2 Å². The van der Waals surface area contributed by atoms with Crippen LogP contribution >= 0.6 is 0 Å². The van der Waals surface area contributed by atoms with Crippen LogP contribution in [-0.2, 0) is 43.2 Å². The number of carbonyl (C=O) groups excluding carboxylic acids is 8. The van der Waals surface area contributed by atoms with Crippen molar-refractivity contribution in [3.8, 4) is 0 Å². The summed E-state index contributed by atoms with van der Waals surface area (Å²) in [6.07, 6.45) is -0.161. The van der Waals surface area contributed by atoms with Crippen molar-refractivity contribution in [2.75, 3.05) is 13.1 Å². The molecule has 0 aliphatic carbocycles. The molecule has 0 spiro atoms. The van der Waals surface area contributed by atoms with Gasteiger partial charge in [-0.2, -0.15) is 0 Å². The van der Waals surface area contributed by atoms with E-state index in [9.17, 15) is 53.4 Å². The van der Waals surface area contributed by atoms with Gasteiger partial charge in [-0.3, -0.25) is 38.4 Å². The quantitative estimate of drug-likeness (QED) is 0.0464. The average molecular weight is 856 g/mol. The molecule has 0 heterocycles. The van der Waals surface area contributed by atoms with Gasteiger partial charge in [-0.05, 0) is 56.3 Å². The molecule has 0 aromatic heterocycles. The second kappa shape index (κ2) is 27.1. The van der Waals surface area contributed by atoms with Crippen molar-refractivity contribution >= 4 is 53.2 Å². The Kier molecular flexibility index (Phi) is 24.9. The number of aliphatic hydroxyl groups excluding tert-OH is 1. The summed E-state index contributed by atoms with van der Waals surface area (Å²) in [6, 6.07) is -8.14. The van der Waals surface area contributed by atoms with Gasteiger partial charge in [0.15, 0.2) is 0 Å². The molecule has 0 aromatic carbocycles. The van der Waals surface area contributed by atoms with E-state index in [1.165, 1.54) is 13.8 Å². The van der Waals surface area contributed by atoms with Gasteiger partial charge in [-0.15, -0.1) is 0 Å². The number of rotatable bonds is 27. The van der Waals surface area contributed by atoms with Crippen LogP contribution in [-0.4, -0.2) is 125 Å². The Morgan fingerprint density at radius 1 is 0.483 bits per heavy atom. The van der Waals surface area contributed by atoms with Gasteiger partial charge in [0, 0.05) is 0 Å². The number of carboxylic acids is 1. The van der Waals surface area contributed by atoms with Crippen molar-refractivity contribution in [1.29, 1.82) is 0 Å². The second-order valence-corrected chi connectivity index (χ2v) is 16.8. The van der Waals surface area contributed by atoms with E-state index in [-0.39, 0.29) is 18.3 Å². The first-order valence-corrected chi connectivity index (χ1v) is 20.8. The first kappa shape index (κ1) is 55.2. The topological polar surface area (TPSA) is 316 Å². The summed E-state index contributed by atoms with van der Waals surface area (Å²) in [6.45, 7) is 19.1. The number of aliphatic carboxylic acids is 1. The van der Waals surface area contributed by atoms with Crippen LogP contribution in [0.2, 0.25) is 0 Å². The maximum absolute atomic E-state index is 13.7. The van der Waals surface area contributed by atoms with E-state index in [1.807, 2.05) is 13.8 Å². The minimum atomic E-state index is -1.55. The summed E-state index contributed by atoms with van der Waals surface area (Å²) in [4.78, 5) is 116. The van der Waals surface area contributed by atoms with Crippen molar-refractivity contribution in [1.82, 2.24) is 42.5 Å². The summed E-state index contributed by atoms with van der Waals surface area (Å²) in [5.74, 6) is -8.52. The van der Waals surface area contributed by atoms with Crippen LogP contribution in [0.3, 0.4) is 0 Å². The summed E-state index contributed by atoms with van der Waals surface area (Å²) in [5.41, 5.74) is 5.62. The molecule has 0 saturated heterocycles. The molecule has 20 heteroatoms. The molecule has 0 unspecified atom stereocenters. The third-order valence-electron chi connectivity index (χ3n) is 9.86. The minimum absolute atomic E-state index is 0.0321. The lowest BCUT2D eigenvalue weighted by molar-refractivity contribution is -0.144. The Labute approximate surface area is 354 Å². The lowest BCUT2D eigenvalue weighted by Gasteiger charge is -2.29. The highest BCUT2D eigenvalue weighted by atomic mass is 16.4. The van der Waals surface area contributed by atoms with E-state index in [1.54, 1.807) is 55.4 Å². The van der Waals surface area contributed by atoms with Gasteiger partial charge in [0.1, 0.15) is 36.3 Å². The third kappa shape index (κ3) is 19.9. The van der Waals surface area contributed by atoms with Crippen LogP contribution in [0.1, 0.15) is 109 Å². The molecule has 344 valence electrons. The molecule has 0 aliphatic rings. The van der Waals surface area contributed by atoms with Gasteiger partial charge in [0.2, 0.25) is 47.3 Å². The predicted molar refractivity (Wildman–Crippen MR) is 223 cm³/mol. The fourth-order valence-corrected chi connectivity index (χ4v) is 5.81.